The van der Waals surface area contributed by atoms with Gasteiger partial charge < -0.3 is 19.9 Å². The Labute approximate surface area is 210 Å². The van der Waals surface area contributed by atoms with E-state index in [2.05, 4.69) is 15.2 Å². The van der Waals surface area contributed by atoms with E-state index in [9.17, 15) is 14.3 Å². The van der Waals surface area contributed by atoms with Crippen LogP contribution in [0.5, 0.6) is 11.5 Å². The van der Waals surface area contributed by atoms with Crippen LogP contribution in [0, 0.1) is 5.82 Å². The molecule has 1 aromatic heterocycles. The number of aliphatic hydroxyl groups is 1. The molecule has 3 aromatic rings. The van der Waals surface area contributed by atoms with Gasteiger partial charge in [0.05, 0.1) is 17.6 Å². The fourth-order valence-corrected chi connectivity index (χ4v) is 6.15. The van der Waals surface area contributed by atoms with Gasteiger partial charge in [0, 0.05) is 29.2 Å². The Bertz CT molecular complexity index is 1300. The molecule has 182 valence electrons. The molecular formula is C25H23ClFN3O4S. The molecule has 7 nitrogen and oxygen atoms in total. The van der Waals surface area contributed by atoms with Gasteiger partial charge in [0.15, 0.2) is 16.6 Å². The first-order valence-corrected chi connectivity index (χ1v) is 12.7. The maximum Gasteiger partial charge on any atom is 0.236 e. The number of fused-ring (bicyclic) bond motifs is 1. The highest BCUT2D eigenvalue weighted by atomic mass is 35.5. The topological polar surface area (TPSA) is 83.9 Å². The fourth-order valence-electron chi connectivity index (χ4n) is 4.91. The number of hydrogen-bond donors (Lipinski definition) is 2. The predicted molar refractivity (Wildman–Crippen MR) is 130 cm³/mol. The van der Waals surface area contributed by atoms with E-state index in [1.807, 2.05) is 18.2 Å². The van der Waals surface area contributed by atoms with E-state index in [1.165, 1.54) is 23.5 Å². The SMILES string of the molecule is O=C(Nc1ncc([C@H](c2ccc(F)cc2Cl)N2CCC(O)C2)s1)C1(c2ccc3c(c2)OCO3)CC1. The molecule has 6 rings (SSSR count). The summed E-state index contributed by atoms with van der Waals surface area (Å²) < 4.78 is 24.6. The number of carbonyl (C=O) groups excluding carboxylic acids is 1. The number of hydrogen-bond acceptors (Lipinski definition) is 7. The molecule has 0 spiro atoms. The van der Waals surface area contributed by atoms with E-state index in [1.54, 1.807) is 12.3 Å². The molecule has 2 N–H and O–H groups in total. The third-order valence-electron chi connectivity index (χ3n) is 6.94. The van der Waals surface area contributed by atoms with Crippen LogP contribution in [0.4, 0.5) is 9.52 Å². The standard InChI is InChI=1S/C25H23ClFN3O4S/c26-18-10-15(27)2-3-17(18)22(30-8-5-16(31)12-30)21-11-28-24(35-21)29-23(32)25(6-7-25)14-1-4-19-20(9-14)34-13-33-19/h1-4,9-11,16,22,31H,5-8,12-13H2,(H,28,29,32)/t16?,22-/m0/s1. The second-order valence-corrected chi connectivity index (χ2v) is 10.6. The van der Waals surface area contributed by atoms with Gasteiger partial charge >= 0.3 is 0 Å². The van der Waals surface area contributed by atoms with E-state index in [4.69, 9.17) is 21.1 Å². The summed E-state index contributed by atoms with van der Waals surface area (Å²) in [5, 5.41) is 13.9. The number of thiazole rings is 1. The normalized spacial score (nSPS) is 21.2. The Hall–Kier alpha value is -2.72. The molecule has 1 amide bonds. The quantitative estimate of drug-likeness (QED) is 0.503. The lowest BCUT2D eigenvalue weighted by Gasteiger charge is -2.27. The molecule has 10 heteroatoms. The first-order chi connectivity index (χ1) is 16.9. The minimum absolute atomic E-state index is 0.106. The number of rotatable bonds is 6. The summed E-state index contributed by atoms with van der Waals surface area (Å²) >= 11 is 7.78. The summed E-state index contributed by atoms with van der Waals surface area (Å²) in [6.07, 6.45) is 3.43. The largest absolute Gasteiger partial charge is 0.454 e. The number of nitrogens with zero attached hydrogens (tertiary/aromatic N) is 2. The van der Waals surface area contributed by atoms with Gasteiger partial charge in [-0.15, -0.1) is 0 Å². The Morgan fingerprint density at radius 3 is 2.83 bits per heavy atom. The molecule has 0 bridgehead atoms. The van der Waals surface area contributed by atoms with Crippen LogP contribution in [0.25, 0.3) is 0 Å². The van der Waals surface area contributed by atoms with E-state index < -0.39 is 17.3 Å². The first kappa shape index (κ1) is 22.7. The van der Waals surface area contributed by atoms with Gasteiger partial charge in [0.2, 0.25) is 12.7 Å². The van der Waals surface area contributed by atoms with E-state index in [0.29, 0.717) is 41.2 Å². The van der Waals surface area contributed by atoms with Crippen LogP contribution in [0.2, 0.25) is 5.02 Å². The summed E-state index contributed by atoms with van der Waals surface area (Å²) in [5.74, 6) is 0.830. The van der Waals surface area contributed by atoms with Gasteiger partial charge in [-0.05, 0) is 54.7 Å². The van der Waals surface area contributed by atoms with Crippen molar-refractivity contribution in [2.24, 2.45) is 0 Å². The number of nitrogens with one attached hydrogen (secondary N) is 1. The van der Waals surface area contributed by atoms with Gasteiger partial charge in [0.1, 0.15) is 5.82 Å². The molecule has 0 radical (unpaired) electrons. The molecule has 2 aromatic carbocycles. The zero-order valence-corrected chi connectivity index (χ0v) is 20.2. The molecular weight excluding hydrogens is 493 g/mol. The number of halogens is 2. The molecule has 2 fully saturated rings. The van der Waals surface area contributed by atoms with Gasteiger partial charge in [-0.2, -0.15) is 0 Å². The van der Waals surface area contributed by atoms with Crippen molar-refractivity contribution in [2.45, 2.75) is 36.8 Å². The Kier molecular flexibility index (Phi) is 5.68. The van der Waals surface area contributed by atoms with E-state index in [-0.39, 0.29) is 18.7 Å². The van der Waals surface area contributed by atoms with Crippen molar-refractivity contribution in [1.82, 2.24) is 9.88 Å². The van der Waals surface area contributed by atoms with Crippen molar-refractivity contribution in [3.8, 4) is 11.5 Å². The van der Waals surface area contributed by atoms with Crippen LogP contribution in [-0.2, 0) is 10.2 Å². The smallest absolute Gasteiger partial charge is 0.236 e. The van der Waals surface area contributed by atoms with Crippen molar-refractivity contribution in [2.75, 3.05) is 25.2 Å². The minimum Gasteiger partial charge on any atom is -0.454 e. The molecule has 1 unspecified atom stereocenters. The molecule has 2 aliphatic heterocycles. The monoisotopic (exact) mass is 515 g/mol. The van der Waals surface area contributed by atoms with Crippen LogP contribution in [-0.4, -0.2) is 46.9 Å². The molecule has 2 atom stereocenters. The Morgan fingerprint density at radius 2 is 2.09 bits per heavy atom. The lowest BCUT2D eigenvalue weighted by Crippen LogP contribution is -2.28. The van der Waals surface area contributed by atoms with Crippen LogP contribution in [0.15, 0.2) is 42.6 Å². The minimum atomic E-state index is -0.606. The van der Waals surface area contributed by atoms with Gasteiger partial charge in [-0.3, -0.25) is 9.69 Å². The van der Waals surface area contributed by atoms with Crippen molar-refractivity contribution in [3.63, 3.8) is 0 Å². The lowest BCUT2D eigenvalue weighted by molar-refractivity contribution is -0.118. The average molecular weight is 516 g/mol. The summed E-state index contributed by atoms with van der Waals surface area (Å²) in [6.45, 7) is 1.34. The number of carbonyl (C=O) groups is 1. The molecule has 1 saturated heterocycles. The van der Waals surface area contributed by atoms with Crippen molar-refractivity contribution in [3.05, 3.63) is 69.4 Å². The second kappa shape index (κ2) is 8.74. The van der Waals surface area contributed by atoms with E-state index in [0.717, 1.165) is 28.8 Å². The highest BCUT2D eigenvalue weighted by Crippen LogP contribution is 2.51. The van der Waals surface area contributed by atoms with Crippen molar-refractivity contribution >= 4 is 34.0 Å². The summed E-state index contributed by atoms with van der Waals surface area (Å²) in [6, 6.07) is 9.69. The Morgan fingerprint density at radius 1 is 1.26 bits per heavy atom. The van der Waals surface area contributed by atoms with Crippen LogP contribution >= 0.6 is 22.9 Å². The third-order valence-corrected chi connectivity index (χ3v) is 8.23. The lowest BCUT2D eigenvalue weighted by atomic mass is 9.94. The number of β-amino-alcohol motifs (C(OH)–C–C–N with tert-alkyl or cyclic N) is 1. The average Bonchev–Trinajstić information content (AvgIpc) is 3.12. The van der Waals surface area contributed by atoms with Crippen molar-refractivity contribution < 1.29 is 23.8 Å². The summed E-state index contributed by atoms with van der Waals surface area (Å²) in [7, 11) is 0. The summed E-state index contributed by atoms with van der Waals surface area (Å²) in [4.78, 5) is 20.7. The number of ether oxygens (including phenoxy) is 2. The zero-order valence-electron chi connectivity index (χ0n) is 18.7. The predicted octanol–water partition coefficient (Wildman–Crippen LogP) is 4.49. The second-order valence-electron chi connectivity index (χ2n) is 9.18. The number of aromatic nitrogens is 1. The number of anilines is 1. The van der Waals surface area contributed by atoms with E-state index >= 15 is 0 Å². The maximum atomic E-state index is 13.7. The summed E-state index contributed by atoms with van der Waals surface area (Å²) in [5.41, 5.74) is 1.03. The van der Waals surface area contributed by atoms with Crippen LogP contribution in [0.3, 0.4) is 0 Å². The molecule has 1 saturated carbocycles. The molecule has 3 aliphatic rings. The molecule has 3 heterocycles. The maximum absolute atomic E-state index is 13.7. The molecule has 35 heavy (non-hydrogen) atoms. The third kappa shape index (κ3) is 4.16. The van der Waals surface area contributed by atoms with Gasteiger partial charge in [-0.1, -0.05) is 35.1 Å². The van der Waals surface area contributed by atoms with Crippen LogP contribution < -0.4 is 14.8 Å². The van der Waals surface area contributed by atoms with Gasteiger partial charge in [-0.25, -0.2) is 9.37 Å². The van der Waals surface area contributed by atoms with Crippen LogP contribution in [0.1, 0.15) is 41.3 Å². The number of aliphatic hydroxyl groups excluding tert-OH is 1. The van der Waals surface area contributed by atoms with Gasteiger partial charge in [0.25, 0.3) is 0 Å². The Balaban J connectivity index is 1.25. The first-order valence-electron chi connectivity index (χ1n) is 11.5. The van der Waals surface area contributed by atoms with Crippen molar-refractivity contribution in [1.29, 1.82) is 0 Å². The molecule has 1 aliphatic carbocycles. The highest BCUT2D eigenvalue weighted by Gasteiger charge is 2.52. The highest BCUT2D eigenvalue weighted by molar-refractivity contribution is 7.15. The number of benzene rings is 2. The number of amides is 1. The zero-order chi connectivity index (χ0) is 24.2. The number of likely N-dealkylation sites (tertiary alicyclic amines) is 1. The fraction of sp³-hybridized carbons (Fsp3) is 0.360.